The van der Waals surface area contributed by atoms with Gasteiger partial charge in [-0.2, -0.15) is 0 Å². The van der Waals surface area contributed by atoms with Gasteiger partial charge in [-0.25, -0.2) is 0 Å². The van der Waals surface area contributed by atoms with Gasteiger partial charge in [0.2, 0.25) is 5.91 Å². The molecule has 3 N–H and O–H groups in total. The summed E-state index contributed by atoms with van der Waals surface area (Å²) >= 11 is 0. The Morgan fingerprint density at radius 2 is 1.58 bits per heavy atom. The van der Waals surface area contributed by atoms with Crippen molar-refractivity contribution in [2.24, 2.45) is 5.92 Å². The van der Waals surface area contributed by atoms with Crippen molar-refractivity contribution in [2.75, 3.05) is 27.2 Å². The minimum Gasteiger partial charge on any atom is -0.347 e. The first kappa shape index (κ1) is 20.2. The highest BCUT2D eigenvalue weighted by atomic mass is 16.2. The Bertz CT molecular complexity index is 536. The minimum absolute atomic E-state index is 0.0507. The van der Waals surface area contributed by atoms with E-state index in [-0.39, 0.29) is 24.4 Å². The number of quaternary nitrogens is 1. The predicted molar refractivity (Wildman–Crippen MR) is 96.6 cm³/mol. The topological polar surface area (TPSA) is 66.0 Å². The fourth-order valence-corrected chi connectivity index (χ4v) is 2.53. The zero-order chi connectivity index (χ0) is 18.3. The van der Waals surface area contributed by atoms with Crippen LogP contribution < -0.4 is 10.6 Å². The van der Waals surface area contributed by atoms with Gasteiger partial charge in [-0.05, 0) is 11.5 Å². The average Bonchev–Trinajstić information content (AvgIpc) is 2.52. The third kappa shape index (κ3) is 6.32. The quantitative estimate of drug-likeness (QED) is 0.752. The van der Waals surface area contributed by atoms with Crippen LogP contribution in [0.25, 0.3) is 0 Å². The standard InChI is InChI=1S/C19H31N3O2/c1-13(2)15-7-9-16(10-8-15)19(14(3)4)21-11-17(23)20-12-18(24)22(5)6/h7-10,13-14,19,21H,11-12H2,1-6H3,(H,20,23)/p+1/t19-/m0/s1. The second-order valence-corrected chi connectivity index (χ2v) is 7.10. The van der Waals surface area contributed by atoms with Gasteiger partial charge >= 0.3 is 0 Å². The van der Waals surface area contributed by atoms with E-state index in [1.165, 1.54) is 16.0 Å². The fourth-order valence-electron chi connectivity index (χ4n) is 2.53. The number of amides is 2. The zero-order valence-electron chi connectivity index (χ0n) is 15.8. The van der Waals surface area contributed by atoms with Gasteiger partial charge < -0.3 is 15.5 Å². The number of hydrogen-bond acceptors (Lipinski definition) is 2. The molecule has 0 fully saturated rings. The number of carbonyl (C=O) groups is 2. The van der Waals surface area contributed by atoms with Crippen LogP contribution in [0.2, 0.25) is 0 Å². The first-order valence-electron chi connectivity index (χ1n) is 8.62. The third-order valence-corrected chi connectivity index (χ3v) is 4.20. The molecule has 0 aliphatic rings. The molecular weight excluding hydrogens is 302 g/mol. The number of hydrogen-bond donors (Lipinski definition) is 2. The van der Waals surface area contributed by atoms with Crippen molar-refractivity contribution < 1.29 is 14.9 Å². The second kappa shape index (κ2) is 9.42. The maximum atomic E-state index is 12.0. The van der Waals surface area contributed by atoms with Crippen molar-refractivity contribution in [1.29, 1.82) is 0 Å². The van der Waals surface area contributed by atoms with E-state index >= 15 is 0 Å². The SMILES string of the molecule is CC(C)c1ccc([C@@H]([NH2+]CC(=O)NCC(=O)N(C)C)C(C)C)cc1. The lowest BCUT2D eigenvalue weighted by Crippen LogP contribution is -2.88. The first-order chi connectivity index (χ1) is 11.2. The molecule has 0 aromatic heterocycles. The Labute approximate surface area is 145 Å². The Morgan fingerprint density at radius 1 is 1.04 bits per heavy atom. The van der Waals surface area contributed by atoms with Crippen molar-refractivity contribution in [2.45, 2.75) is 39.7 Å². The second-order valence-electron chi connectivity index (χ2n) is 7.10. The van der Waals surface area contributed by atoms with E-state index < -0.39 is 0 Å². The summed E-state index contributed by atoms with van der Waals surface area (Å²) in [6.07, 6.45) is 0. The fraction of sp³-hybridized carbons (Fsp3) is 0.579. The summed E-state index contributed by atoms with van der Waals surface area (Å²) in [6, 6.07) is 8.87. The molecule has 1 aromatic rings. The van der Waals surface area contributed by atoms with Crippen LogP contribution in [0.5, 0.6) is 0 Å². The molecule has 2 amide bonds. The maximum Gasteiger partial charge on any atom is 0.275 e. The highest BCUT2D eigenvalue weighted by Crippen LogP contribution is 2.21. The van der Waals surface area contributed by atoms with Crippen LogP contribution in [0, 0.1) is 5.92 Å². The Morgan fingerprint density at radius 3 is 2.04 bits per heavy atom. The number of nitrogens with one attached hydrogen (secondary N) is 1. The molecule has 0 heterocycles. The molecule has 0 saturated carbocycles. The van der Waals surface area contributed by atoms with Gasteiger partial charge in [0, 0.05) is 25.6 Å². The monoisotopic (exact) mass is 334 g/mol. The molecule has 0 aliphatic heterocycles. The molecule has 134 valence electrons. The lowest BCUT2D eigenvalue weighted by molar-refractivity contribution is -0.692. The zero-order valence-corrected chi connectivity index (χ0v) is 15.8. The molecule has 0 aliphatic carbocycles. The normalized spacial score (nSPS) is 12.3. The molecule has 24 heavy (non-hydrogen) atoms. The van der Waals surface area contributed by atoms with Crippen molar-refractivity contribution >= 4 is 11.8 Å². The lowest BCUT2D eigenvalue weighted by Gasteiger charge is -2.20. The molecule has 1 atom stereocenters. The van der Waals surface area contributed by atoms with Crippen LogP contribution in [0.15, 0.2) is 24.3 Å². The molecule has 0 spiro atoms. The Balaban J connectivity index is 2.60. The molecule has 0 saturated heterocycles. The van der Waals surface area contributed by atoms with Crippen LogP contribution >= 0.6 is 0 Å². The minimum atomic E-state index is -0.116. The molecular formula is C19H32N3O2+. The number of rotatable bonds is 8. The number of likely N-dealkylation sites (N-methyl/N-ethyl adjacent to an activating group) is 1. The first-order valence-corrected chi connectivity index (χ1v) is 8.62. The summed E-state index contributed by atoms with van der Waals surface area (Å²) < 4.78 is 0. The van der Waals surface area contributed by atoms with E-state index in [1.807, 2.05) is 5.32 Å². The molecule has 0 bridgehead atoms. The lowest BCUT2D eigenvalue weighted by atomic mass is 9.93. The van der Waals surface area contributed by atoms with E-state index in [9.17, 15) is 9.59 Å². The van der Waals surface area contributed by atoms with Gasteiger partial charge in [-0.1, -0.05) is 52.0 Å². The highest BCUT2D eigenvalue weighted by Gasteiger charge is 2.20. The van der Waals surface area contributed by atoms with Crippen LogP contribution in [0.1, 0.15) is 50.8 Å². The molecule has 0 unspecified atom stereocenters. The van der Waals surface area contributed by atoms with Gasteiger partial charge in [0.15, 0.2) is 6.54 Å². The van der Waals surface area contributed by atoms with Crippen LogP contribution in [-0.4, -0.2) is 43.9 Å². The van der Waals surface area contributed by atoms with E-state index in [4.69, 9.17) is 0 Å². The van der Waals surface area contributed by atoms with E-state index in [0.29, 0.717) is 18.4 Å². The summed E-state index contributed by atoms with van der Waals surface area (Å²) in [5.41, 5.74) is 2.55. The highest BCUT2D eigenvalue weighted by molar-refractivity contribution is 5.84. The largest absolute Gasteiger partial charge is 0.347 e. The number of benzene rings is 1. The molecule has 1 rings (SSSR count). The summed E-state index contributed by atoms with van der Waals surface area (Å²) in [4.78, 5) is 24.9. The van der Waals surface area contributed by atoms with Crippen LogP contribution in [-0.2, 0) is 9.59 Å². The average molecular weight is 334 g/mol. The smallest absolute Gasteiger partial charge is 0.275 e. The predicted octanol–water partition coefficient (Wildman–Crippen LogP) is 1.27. The summed E-state index contributed by atoms with van der Waals surface area (Å²) in [7, 11) is 3.35. The number of nitrogens with two attached hydrogens (primary N) is 1. The molecule has 1 aromatic carbocycles. The van der Waals surface area contributed by atoms with Gasteiger partial charge in [0.25, 0.3) is 5.91 Å². The van der Waals surface area contributed by atoms with E-state index in [1.54, 1.807) is 14.1 Å². The third-order valence-electron chi connectivity index (χ3n) is 4.20. The number of nitrogens with zero attached hydrogens (tertiary/aromatic N) is 1. The Hall–Kier alpha value is -1.88. The van der Waals surface area contributed by atoms with Crippen molar-refractivity contribution in [3.05, 3.63) is 35.4 Å². The molecule has 0 radical (unpaired) electrons. The maximum absolute atomic E-state index is 12.0. The number of carbonyl (C=O) groups excluding carboxylic acids is 2. The van der Waals surface area contributed by atoms with Gasteiger partial charge in [-0.3, -0.25) is 9.59 Å². The van der Waals surface area contributed by atoms with E-state index in [2.05, 4.69) is 57.3 Å². The van der Waals surface area contributed by atoms with Crippen LogP contribution in [0.4, 0.5) is 0 Å². The van der Waals surface area contributed by atoms with Crippen molar-refractivity contribution in [3.8, 4) is 0 Å². The summed E-state index contributed by atoms with van der Waals surface area (Å²) in [5, 5.41) is 4.72. The van der Waals surface area contributed by atoms with Gasteiger partial charge in [0.05, 0.1) is 6.54 Å². The van der Waals surface area contributed by atoms with Crippen molar-refractivity contribution in [3.63, 3.8) is 0 Å². The van der Waals surface area contributed by atoms with Gasteiger partial charge in [0.1, 0.15) is 6.04 Å². The Kier molecular flexibility index (Phi) is 7.92. The van der Waals surface area contributed by atoms with Crippen molar-refractivity contribution in [1.82, 2.24) is 10.2 Å². The van der Waals surface area contributed by atoms with Gasteiger partial charge in [-0.15, -0.1) is 0 Å². The van der Waals surface area contributed by atoms with Crippen LogP contribution in [0.3, 0.4) is 0 Å². The summed E-state index contributed by atoms with van der Waals surface area (Å²) in [5.74, 6) is 0.703. The molecule has 5 nitrogen and oxygen atoms in total. The summed E-state index contributed by atoms with van der Waals surface area (Å²) in [6.45, 7) is 9.04. The van der Waals surface area contributed by atoms with E-state index in [0.717, 1.165) is 0 Å². The molecule has 5 heteroatoms.